The van der Waals surface area contributed by atoms with Crippen LogP contribution in [-0.4, -0.2) is 28.1 Å². The number of rotatable bonds is 4. The van der Waals surface area contributed by atoms with Gasteiger partial charge in [0, 0.05) is 5.56 Å². The number of carbonyl (C=O) groups excluding carboxylic acids is 1. The molecule has 0 aliphatic rings. The Morgan fingerprint density at radius 2 is 2.19 bits per heavy atom. The van der Waals surface area contributed by atoms with Crippen molar-refractivity contribution in [1.82, 2.24) is 15.0 Å². The van der Waals surface area contributed by atoms with Gasteiger partial charge in [-0.25, -0.2) is 0 Å². The normalized spacial score (nSPS) is 11.4. The van der Waals surface area contributed by atoms with Crippen molar-refractivity contribution in [2.75, 3.05) is 12.8 Å². The number of benzene rings is 1. The lowest BCUT2D eigenvalue weighted by atomic mass is 9.94. The molecular formula is C14H17ClN4O2. The van der Waals surface area contributed by atoms with Crippen LogP contribution in [-0.2, 0) is 16.1 Å². The molecule has 1 aromatic carbocycles. The third-order valence-electron chi connectivity index (χ3n) is 3.13. The maximum Gasteiger partial charge on any atom is 0.313 e. The fourth-order valence-corrected chi connectivity index (χ4v) is 2.12. The Balaban J connectivity index is 2.22. The maximum absolute atomic E-state index is 11.7. The molecule has 21 heavy (non-hydrogen) atoms. The van der Waals surface area contributed by atoms with Gasteiger partial charge in [0.2, 0.25) is 0 Å². The quantitative estimate of drug-likeness (QED) is 0.692. The van der Waals surface area contributed by atoms with Gasteiger partial charge >= 0.3 is 5.97 Å². The summed E-state index contributed by atoms with van der Waals surface area (Å²) < 4.78 is 6.38. The Morgan fingerprint density at radius 3 is 2.81 bits per heavy atom. The average Bonchev–Trinajstić information content (AvgIpc) is 2.88. The van der Waals surface area contributed by atoms with Crippen molar-refractivity contribution in [2.45, 2.75) is 20.4 Å². The molecule has 0 saturated carbocycles. The largest absolute Gasteiger partial charge is 0.469 e. The molecule has 1 heterocycles. The van der Waals surface area contributed by atoms with Crippen molar-refractivity contribution < 1.29 is 9.53 Å². The standard InChI is InChI=1S/C14H17ClN4O2/c1-14(2,13(20)21-3)8-19-7-12(17-18-19)9-4-5-11(16)10(15)6-9/h4-7H,8,16H2,1-3H3. The summed E-state index contributed by atoms with van der Waals surface area (Å²) in [6.45, 7) is 3.95. The summed E-state index contributed by atoms with van der Waals surface area (Å²) in [7, 11) is 1.37. The fraction of sp³-hybridized carbons (Fsp3) is 0.357. The zero-order valence-electron chi connectivity index (χ0n) is 12.1. The lowest BCUT2D eigenvalue weighted by Gasteiger charge is -2.20. The number of nitrogen functional groups attached to an aromatic ring is 1. The number of anilines is 1. The van der Waals surface area contributed by atoms with Crippen molar-refractivity contribution in [3.8, 4) is 11.3 Å². The van der Waals surface area contributed by atoms with Gasteiger partial charge in [0.05, 0.1) is 36.0 Å². The van der Waals surface area contributed by atoms with Gasteiger partial charge < -0.3 is 10.5 Å². The van der Waals surface area contributed by atoms with Crippen LogP contribution in [0.15, 0.2) is 24.4 Å². The molecule has 112 valence electrons. The van der Waals surface area contributed by atoms with E-state index >= 15 is 0 Å². The smallest absolute Gasteiger partial charge is 0.313 e. The molecule has 2 N–H and O–H groups in total. The lowest BCUT2D eigenvalue weighted by Crippen LogP contribution is -2.30. The van der Waals surface area contributed by atoms with Crippen molar-refractivity contribution in [2.24, 2.45) is 5.41 Å². The van der Waals surface area contributed by atoms with Crippen LogP contribution in [0.3, 0.4) is 0 Å². The van der Waals surface area contributed by atoms with E-state index in [1.165, 1.54) is 7.11 Å². The highest BCUT2D eigenvalue weighted by Crippen LogP contribution is 2.26. The summed E-state index contributed by atoms with van der Waals surface area (Å²) in [5, 5.41) is 8.59. The van der Waals surface area contributed by atoms with E-state index in [9.17, 15) is 4.79 Å². The van der Waals surface area contributed by atoms with Gasteiger partial charge in [-0.05, 0) is 26.0 Å². The minimum atomic E-state index is -0.682. The number of hydrogen-bond donors (Lipinski definition) is 1. The van der Waals surface area contributed by atoms with Gasteiger partial charge in [0.1, 0.15) is 5.69 Å². The van der Waals surface area contributed by atoms with Crippen molar-refractivity contribution >= 4 is 23.3 Å². The number of nitrogens with two attached hydrogens (primary N) is 1. The molecule has 0 aliphatic carbocycles. The second-order valence-electron chi connectivity index (χ2n) is 5.41. The minimum Gasteiger partial charge on any atom is -0.469 e. The second-order valence-corrected chi connectivity index (χ2v) is 5.82. The second kappa shape index (κ2) is 5.73. The zero-order valence-corrected chi connectivity index (χ0v) is 12.9. The van der Waals surface area contributed by atoms with E-state index in [2.05, 4.69) is 10.3 Å². The van der Waals surface area contributed by atoms with Gasteiger partial charge in [-0.15, -0.1) is 5.10 Å². The van der Waals surface area contributed by atoms with Crippen LogP contribution < -0.4 is 5.73 Å². The number of esters is 1. The molecule has 0 bridgehead atoms. The molecule has 2 rings (SSSR count). The van der Waals surface area contributed by atoms with E-state index in [4.69, 9.17) is 22.1 Å². The molecule has 1 aromatic heterocycles. The van der Waals surface area contributed by atoms with Crippen molar-refractivity contribution in [3.63, 3.8) is 0 Å². The van der Waals surface area contributed by atoms with Gasteiger partial charge in [0.25, 0.3) is 0 Å². The Hall–Kier alpha value is -2.08. The SMILES string of the molecule is COC(=O)C(C)(C)Cn1cc(-c2ccc(N)c(Cl)c2)nn1. The summed E-state index contributed by atoms with van der Waals surface area (Å²) in [5.74, 6) is -0.296. The molecule has 0 radical (unpaired) electrons. The summed E-state index contributed by atoms with van der Waals surface area (Å²) in [5.41, 5.74) is 6.99. The van der Waals surface area contributed by atoms with Crippen molar-refractivity contribution in [1.29, 1.82) is 0 Å². The van der Waals surface area contributed by atoms with Crippen molar-refractivity contribution in [3.05, 3.63) is 29.4 Å². The van der Waals surface area contributed by atoms with Gasteiger partial charge in [-0.3, -0.25) is 9.48 Å². The summed E-state index contributed by atoms with van der Waals surface area (Å²) in [4.78, 5) is 11.7. The average molecular weight is 309 g/mol. The number of ether oxygens (including phenoxy) is 1. The number of aromatic nitrogens is 3. The summed E-state index contributed by atoms with van der Waals surface area (Å²) in [6.07, 6.45) is 1.76. The number of halogens is 1. The molecule has 0 spiro atoms. The van der Waals surface area contributed by atoms with Crippen LogP contribution in [0, 0.1) is 5.41 Å². The third kappa shape index (κ3) is 3.33. The topological polar surface area (TPSA) is 83.0 Å². The van der Waals surface area contributed by atoms with Crippen LogP contribution >= 0.6 is 11.6 Å². The molecule has 0 atom stereocenters. The van der Waals surface area contributed by atoms with E-state index in [0.29, 0.717) is 22.9 Å². The molecule has 0 amide bonds. The molecular weight excluding hydrogens is 292 g/mol. The Labute approximate surface area is 127 Å². The van der Waals surface area contributed by atoms with Gasteiger partial charge in [0.15, 0.2) is 0 Å². The molecule has 0 fully saturated rings. The highest BCUT2D eigenvalue weighted by atomic mass is 35.5. The van der Waals surface area contributed by atoms with Gasteiger partial charge in [-0.2, -0.15) is 0 Å². The monoisotopic (exact) mass is 308 g/mol. The molecule has 2 aromatic rings. The minimum absolute atomic E-state index is 0.296. The molecule has 6 nitrogen and oxygen atoms in total. The molecule has 0 unspecified atom stereocenters. The van der Waals surface area contributed by atoms with Crippen LogP contribution in [0.1, 0.15) is 13.8 Å². The van der Waals surface area contributed by atoms with Crippen LogP contribution in [0.5, 0.6) is 0 Å². The Bertz CT molecular complexity index is 667. The number of carbonyl (C=O) groups is 1. The summed E-state index contributed by atoms with van der Waals surface area (Å²) in [6, 6.07) is 5.27. The third-order valence-corrected chi connectivity index (χ3v) is 3.46. The fourth-order valence-electron chi connectivity index (χ4n) is 1.94. The number of methoxy groups -OCH3 is 1. The predicted molar refractivity (Wildman–Crippen MR) is 80.7 cm³/mol. The Kier molecular flexibility index (Phi) is 4.18. The van der Waals surface area contributed by atoms with Crippen LogP contribution in [0.4, 0.5) is 5.69 Å². The highest BCUT2D eigenvalue weighted by molar-refractivity contribution is 6.33. The van der Waals surface area contributed by atoms with Gasteiger partial charge in [-0.1, -0.05) is 22.9 Å². The number of hydrogen-bond acceptors (Lipinski definition) is 5. The predicted octanol–water partition coefficient (Wildman–Crippen LogP) is 2.38. The van der Waals surface area contributed by atoms with Crippen LogP contribution in [0.2, 0.25) is 5.02 Å². The Morgan fingerprint density at radius 1 is 1.48 bits per heavy atom. The lowest BCUT2D eigenvalue weighted by molar-refractivity contribution is -0.151. The highest BCUT2D eigenvalue weighted by Gasteiger charge is 2.29. The first kappa shape index (κ1) is 15.3. The maximum atomic E-state index is 11.7. The van der Waals surface area contributed by atoms with E-state index in [-0.39, 0.29) is 5.97 Å². The zero-order chi connectivity index (χ0) is 15.6. The van der Waals surface area contributed by atoms with E-state index < -0.39 is 5.41 Å². The first-order chi connectivity index (χ1) is 9.83. The first-order valence-corrected chi connectivity index (χ1v) is 6.75. The molecule has 0 saturated heterocycles. The molecule has 0 aliphatic heterocycles. The van der Waals surface area contributed by atoms with E-state index in [1.54, 1.807) is 36.9 Å². The number of nitrogens with zero attached hydrogens (tertiary/aromatic N) is 3. The van der Waals surface area contributed by atoms with E-state index in [1.807, 2.05) is 6.07 Å². The van der Waals surface area contributed by atoms with Crippen LogP contribution in [0.25, 0.3) is 11.3 Å². The van der Waals surface area contributed by atoms with E-state index in [0.717, 1.165) is 5.56 Å². The summed E-state index contributed by atoms with van der Waals surface area (Å²) >= 11 is 6.00. The molecule has 7 heteroatoms. The first-order valence-electron chi connectivity index (χ1n) is 6.37.